The van der Waals surface area contributed by atoms with Gasteiger partial charge in [-0.25, -0.2) is 0 Å². The molecule has 0 N–H and O–H groups in total. The van der Waals surface area contributed by atoms with E-state index in [1.165, 1.54) is 49.3 Å². The lowest BCUT2D eigenvalue weighted by Crippen LogP contribution is -2.24. The molecule has 2 heterocycles. The molecule has 0 saturated carbocycles. The Labute approximate surface area is 164 Å². The van der Waals surface area contributed by atoms with Gasteiger partial charge in [0.2, 0.25) is 0 Å². The minimum Gasteiger partial charge on any atom is -0.337 e. The third kappa shape index (κ3) is 2.26. The summed E-state index contributed by atoms with van der Waals surface area (Å²) in [7, 11) is 0. The van der Waals surface area contributed by atoms with Gasteiger partial charge in [-0.1, -0.05) is 72.8 Å². The molecule has 1 heteroatoms. The molecule has 0 saturated heterocycles. The Morgan fingerprint density at radius 1 is 0.679 bits per heavy atom. The monoisotopic (exact) mass is 357 g/mol. The zero-order valence-corrected chi connectivity index (χ0v) is 15.5. The van der Waals surface area contributed by atoms with Crippen LogP contribution in [0.3, 0.4) is 0 Å². The van der Waals surface area contributed by atoms with Crippen LogP contribution in [0, 0.1) is 0 Å². The van der Waals surface area contributed by atoms with Crippen molar-refractivity contribution in [1.29, 1.82) is 0 Å². The molecule has 0 radical (unpaired) electrons. The minimum atomic E-state index is 0.909. The van der Waals surface area contributed by atoms with Crippen LogP contribution in [0.2, 0.25) is 0 Å². The van der Waals surface area contributed by atoms with E-state index in [1.807, 2.05) is 0 Å². The number of benzene rings is 4. The highest BCUT2D eigenvalue weighted by Gasteiger charge is 2.20. The summed E-state index contributed by atoms with van der Waals surface area (Å²) in [6.45, 7) is 0.909. The predicted molar refractivity (Wildman–Crippen MR) is 120 cm³/mol. The molecule has 1 nitrogen and oxygen atoms in total. The summed E-state index contributed by atoms with van der Waals surface area (Å²) in [5.41, 5.74) is 3.82. The maximum absolute atomic E-state index is 2.40. The number of allylic oxidation sites excluding steroid dienone is 5. The first kappa shape index (κ1) is 15.5. The van der Waals surface area contributed by atoms with Crippen molar-refractivity contribution < 1.29 is 0 Å². The summed E-state index contributed by atoms with van der Waals surface area (Å²) in [5, 5.41) is 7.81. The SMILES string of the molecule is C1=CCN2C(=C1)C=CC=C2c1cccc2ccc3cc4ccccc4cc3c12. The molecule has 4 aromatic carbocycles. The second kappa shape index (κ2) is 5.97. The van der Waals surface area contributed by atoms with E-state index in [4.69, 9.17) is 0 Å². The fraction of sp³-hybridized carbons (Fsp3) is 0.0370. The maximum Gasteiger partial charge on any atom is 0.0493 e. The summed E-state index contributed by atoms with van der Waals surface area (Å²) in [6.07, 6.45) is 13.1. The van der Waals surface area contributed by atoms with Crippen LogP contribution in [0.1, 0.15) is 5.56 Å². The van der Waals surface area contributed by atoms with E-state index in [1.54, 1.807) is 0 Å². The molecule has 0 aromatic heterocycles. The van der Waals surface area contributed by atoms with Crippen molar-refractivity contribution in [2.24, 2.45) is 0 Å². The molecule has 28 heavy (non-hydrogen) atoms. The van der Waals surface area contributed by atoms with Gasteiger partial charge in [0, 0.05) is 23.5 Å². The first-order valence-electron chi connectivity index (χ1n) is 9.76. The van der Waals surface area contributed by atoms with Gasteiger partial charge in [-0.05, 0) is 62.7 Å². The van der Waals surface area contributed by atoms with Crippen molar-refractivity contribution >= 4 is 38.0 Å². The van der Waals surface area contributed by atoms with Gasteiger partial charge in [-0.2, -0.15) is 0 Å². The van der Waals surface area contributed by atoms with E-state index in [0.717, 1.165) is 6.54 Å². The van der Waals surface area contributed by atoms with Crippen molar-refractivity contribution in [3.8, 4) is 0 Å². The van der Waals surface area contributed by atoms with E-state index >= 15 is 0 Å². The largest absolute Gasteiger partial charge is 0.337 e. The summed E-state index contributed by atoms with van der Waals surface area (Å²) < 4.78 is 0. The lowest BCUT2D eigenvalue weighted by Gasteiger charge is -2.32. The van der Waals surface area contributed by atoms with Gasteiger partial charge < -0.3 is 4.90 Å². The average molecular weight is 357 g/mol. The smallest absolute Gasteiger partial charge is 0.0493 e. The zero-order valence-electron chi connectivity index (χ0n) is 15.5. The molecule has 0 atom stereocenters. The molecule has 0 amide bonds. The van der Waals surface area contributed by atoms with E-state index in [0.29, 0.717) is 0 Å². The molecule has 0 unspecified atom stereocenters. The summed E-state index contributed by atoms with van der Waals surface area (Å²) >= 11 is 0. The molecular formula is C27H19N. The first-order valence-corrected chi connectivity index (χ1v) is 9.76. The van der Waals surface area contributed by atoms with Crippen LogP contribution in [0.5, 0.6) is 0 Å². The number of nitrogens with zero attached hydrogens (tertiary/aromatic N) is 1. The molecule has 2 aliphatic heterocycles. The summed E-state index contributed by atoms with van der Waals surface area (Å²) in [5.74, 6) is 0. The zero-order chi connectivity index (χ0) is 18.5. The Hall–Kier alpha value is -3.58. The Balaban J connectivity index is 1.69. The van der Waals surface area contributed by atoms with Crippen molar-refractivity contribution in [3.63, 3.8) is 0 Å². The van der Waals surface area contributed by atoms with E-state index in [9.17, 15) is 0 Å². The molecule has 0 spiro atoms. The highest BCUT2D eigenvalue weighted by Crippen LogP contribution is 2.37. The van der Waals surface area contributed by atoms with Crippen LogP contribution in [0.25, 0.3) is 38.0 Å². The molecular weight excluding hydrogens is 338 g/mol. The molecule has 132 valence electrons. The van der Waals surface area contributed by atoms with Gasteiger partial charge in [0.25, 0.3) is 0 Å². The fourth-order valence-corrected chi connectivity index (χ4v) is 4.49. The van der Waals surface area contributed by atoms with Gasteiger partial charge in [0.15, 0.2) is 0 Å². The number of hydrogen-bond acceptors (Lipinski definition) is 1. The van der Waals surface area contributed by atoms with Crippen LogP contribution in [-0.2, 0) is 0 Å². The van der Waals surface area contributed by atoms with Gasteiger partial charge in [0.05, 0.1) is 0 Å². The molecule has 6 rings (SSSR count). The standard InChI is InChI=1S/C27H19N/c1-2-8-21-18-25-22(17-20(21)7-1)15-14-19-9-5-12-24(27(19)25)26-13-6-11-23-10-3-4-16-28(23)26/h1-15,17-18H,16H2. The Morgan fingerprint density at radius 2 is 1.50 bits per heavy atom. The second-order valence-corrected chi connectivity index (χ2v) is 7.43. The van der Waals surface area contributed by atoms with Crippen molar-refractivity contribution in [2.45, 2.75) is 0 Å². The number of hydrogen-bond donors (Lipinski definition) is 0. The Bertz CT molecular complexity index is 1380. The van der Waals surface area contributed by atoms with E-state index in [2.05, 4.69) is 108 Å². The average Bonchev–Trinajstić information content (AvgIpc) is 2.77. The molecule has 0 aliphatic carbocycles. The number of fused-ring (bicyclic) bond motifs is 5. The normalized spacial score (nSPS) is 15.8. The highest BCUT2D eigenvalue weighted by molar-refractivity contribution is 6.15. The maximum atomic E-state index is 2.40. The molecule has 0 fully saturated rings. The van der Waals surface area contributed by atoms with Crippen LogP contribution in [0.15, 0.2) is 109 Å². The summed E-state index contributed by atoms with van der Waals surface area (Å²) in [4.78, 5) is 2.40. The van der Waals surface area contributed by atoms with Gasteiger partial charge in [0.1, 0.15) is 0 Å². The minimum absolute atomic E-state index is 0.909. The second-order valence-electron chi connectivity index (χ2n) is 7.43. The Kier molecular flexibility index (Phi) is 3.30. The fourth-order valence-electron chi connectivity index (χ4n) is 4.49. The molecule has 4 aromatic rings. The van der Waals surface area contributed by atoms with Gasteiger partial charge in [-0.15, -0.1) is 0 Å². The topological polar surface area (TPSA) is 3.24 Å². The van der Waals surface area contributed by atoms with Crippen LogP contribution < -0.4 is 0 Å². The van der Waals surface area contributed by atoms with Crippen LogP contribution in [-0.4, -0.2) is 11.4 Å². The predicted octanol–water partition coefficient (Wildman–Crippen LogP) is 6.81. The molecule has 0 bridgehead atoms. The van der Waals surface area contributed by atoms with Crippen molar-refractivity contribution in [1.82, 2.24) is 4.90 Å². The van der Waals surface area contributed by atoms with Crippen molar-refractivity contribution in [3.05, 3.63) is 114 Å². The third-order valence-electron chi connectivity index (χ3n) is 5.82. The van der Waals surface area contributed by atoms with E-state index in [-0.39, 0.29) is 0 Å². The van der Waals surface area contributed by atoms with Crippen LogP contribution in [0.4, 0.5) is 0 Å². The van der Waals surface area contributed by atoms with Gasteiger partial charge >= 0.3 is 0 Å². The number of rotatable bonds is 1. The Morgan fingerprint density at radius 3 is 2.43 bits per heavy atom. The highest BCUT2D eigenvalue weighted by atomic mass is 15.1. The van der Waals surface area contributed by atoms with Crippen LogP contribution >= 0.6 is 0 Å². The summed E-state index contributed by atoms with van der Waals surface area (Å²) in [6, 6.07) is 24.4. The third-order valence-corrected chi connectivity index (χ3v) is 5.82. The van der Waals surface area contributed by atoms with Gasteiger partial charge in [-0.3, -0.25) is 0 Å². The quantitative estimate of drug-likeness (QED) is 0.267. The van der Waals surface area contributed by atoms with E-state index < -0.39 is 0 Å². The lowest BCUT2D eigenvalue weighted by atomic mass is 9.92. The molecule has 2 aliphatic rings. The van der Waals surface area contributed by atoms with Crippen molar-refractivity contribution in [2.75, 3.05) is 6.54 Å². The lowest BCUT2D eigenvalue weighted by molar-refractivity contribution is 0.550. The first-order chi connectivity index (χ1) is 13.9.